The molecule has 6 nitrogen and oxygen atoms in total. The Hall–Kier alpha value is -2.50. The Bertz CT molecular complexity index is 670. The number of fused-ring (bicyclic) bond motifs is 1. The summed E-state index contributed by atoms with van der Waals surface area (Å²) in [6, 6.07) is 5.81. The standard InChI is InChI=1S/C14H16N4O2/c1-14(2)19-10-4-3-8(6-11(10)20-14)5-9-7-17-13(16)18-12(9)15/h3-4,6-7H,5H2,1-2H3,(H4,15,16,17,18). The summed E-state index contributed by atoms with van der Waals surface area (Å²) in [4.78, 5) is 7.92. The first-order valence-electron chi connectivity index (χ1n) is 6.31. The molecule has 0 atom stereocenters. The molecule has 0 bridgehead atoms. The number of benzene rings is 1. The average Bonchev–Trinajstić information content (AvgIpc) is 2.66. The molecule has 2 aromatic rings. The molecule has 1 aromatic heterocycles. The highest BCUT2D eigenvalue weighted by atomic mass is 16.7. The van der Waals surface area contributed by atoms with Gasteiger partial charge >= 0.3 is 0 Å². The van der Waals surface area contributed by atoms with Gasteiger partial charge in [-0.3, -0.25) is 0 Å². The fourth-order valence-corrected chi connectivity index (χ4v) is 2.17. The van der Waals surface area contributed by atoms with Gasteiger partial charge in [0.25, 0.3) is 0 Å². The lowest BCUT2D eigenvalue weighted by Crippen LogP contribution is -2.29. The minimum absolute atomic E-state index is 0.179. The molecule has 0 aliphatic carbocycles. The predicted molar refractivity (Wildman–Crippen MR) is 75.4 cm³/mol. The minimum Gasteiger partial charge on any atom is -0.449 e. The van der Waals surface area contributed by atoms with E-state index in [9.17, 15) is 0 Å². The van der Waals surface area contributed by atoms with E-state index in [1.165, 1.54) is 0 Å². The molecule has 0 amide bonds. The Kier molecular flexibility index (Phi) is 2.67. The summed E-state index contributed by atoms with van der Waals surface area (Å²) < 4.78 is 11.4. The second-order valence-electron chi connectivity index (χ2n) is 5.20. The minimum atomic E-state index is -0.621. The smallest absolute Gasteiger partial charge is 0.246 e. The van der Waals surface area contributed by atoms with E-state index in [0.717, 1.165) is 22.6 Å². The molecule has 0 radical (unpaired) electrons. The van der Waals surface area contributed by atoms with E-state index in [1.807, 2.05) is 32.0 Å². The maximum Gasteiger partial charge on any atom is 0.246 e. The maximum absolute atomic E-state index is 5.84. The molecule has 1 aromatic carbocycles. The van der Waals surface area contributed by atoms with E-state index in [2.05, 4.69) is 9.97 Å². The zero-order valence-corrected chi connectivity index (χ0v) is 11.4. The van der Waals surface area contributed by atoms with Crippen molar-refractivity contribution in [3.63, 3.8) is 0 Å². The normalized spacial score (nSPS) is 15.3. The lowest BCUT2D eigenvalue weighted by atomic mass is 10.1. The van der Waals surface area contributed by atoms with Crippen LogP contribution < -0.4 is 20.9 Å². The number of hydrogen-bond acceptors (Lipinski definition) is 6. The monoisotopic (exact) mass is 272 g/mol. The molecular weight excluding hydrogens is 256 g/mol. The molecule has 0 unspecified atom stereocenters. The first-order chi connectivity index (χ1) is 9.43. The van der Waals surface area contributed by atoms with Crippen LogP contribution in [0.5, 0.6) is 11.5 Å². The third-order valence-electron chi connectivity index (χ3n) is 3.03. The average molecular weight is 272 g/mol. The van der Waals surface area contributed by atoms with E-state index in [-0.39, 0.29) is 5.95 Å². The van der Waals surface area contributed by atoms with Gasteiger partial charge in [0.15, 0.2) is 11.5 Å². The summed E-state index contributed by atoms with van der Waals surface area (Å²) in [7, 11) is 0. The van der Waals surface area contributed by atoms with Crippen LogP contribution in [-0.2, 0) is 6.42 Å². The van der Waals surface area contributed by atoms with Crippen molar-refractivity contribution in [2.45, 2.75) is 26.1 Å². The van der Waals surface area contributed by atoms with Crippen LogP contribution >= 0.6 is 0 Å². The van der Waals surface area contributed by atoms with Gasteiger partial charge in [0.2, 0.25) is 11.7 Å². The lowest BCUT2D eigenvalue weighted by molar-refractivity contribution is -0.0431. The fourth-order valence-electron chi connectivity index (χ4n) is 2.17. The van der Waals surface area contributed by atoms with Crippen molar-refractivity contribution in [3.8, 4) is 11.5 Å². The summed E-state index contributed by atoms with van der Waals surface area (Å²) >= 11 is 0. The zero-order chi connectivity index (χ0) is 14.3. The Morgan fingerprint density at radius 1 is 1.15 bits per heavy atom. The van der Waals surface area contributed by atoms with Crippen LogP contribution in [0, 0.1) is 0 Å². The SMILES string of the molecule is CC1(C)Oc2ccc(Cc3cnc(N)nc3N)cc2O1. The zero-order valence-electron chi connectivity index (χ0n) is 11.4. The van der Waals surface area contributed by atoms with Crippen LogP contribution in [0.25, 0.3) is 0 Å². The van der Waals surface area contributed by atoms with Crippen molar-refractivity contribution >= 4 is 11.8 Å². The number of ether oxygens (including phenoxy) is 2. The highest BCUT2D eigenvalue weighted by molar-refractivity contribution is 5.49. The molecule has 0 saturated heterocycles. The summed E-state index contributed by atoms with van der Waals surface area (Å²) in [5.41, 5.74) is 13.2. The molecule has 0 spiro atoms. The molecule has 3 rings (SSSR count). The van der Waals surface area contributed by atoms with Gasteiger partial charge in [0, 0.05) is 32.0 Å². The second kappa shape index (κ2) is 4.26. The van der Waals surface area contributed by atoms with Crippen LogP contribution in [0.1, 0.15) is 25.0 Å². The molecule has 0 fully saturated rings. The number of aromatic nitrogens is 2. The third kappa shape index (κ3) is 2.32. The first-order valence-corrected chi connectivity index (χ1v) is 6.31. The molecule has 2 heterocycles. The van der Waals surface area contributed by atoms with Crippen LogP contribution in [-0.4, -0.2) is 15.8 Å². The van der Waals surface area contributed by atoms with Gasteiger partial charge in [0.05, 0.1) is 0 Å². The fraction of sp³-hybridized carbons (Fsp3) is 0.286. The van der Waals surface area contributed by atoms with E-state index < -0.39 is 5.79 Å². The van der Waals surface area contributed by atoms with Crippen LogP contribution in [0.2, 0.25) is 0 Å². The molecule has 1 aliphatic rings. The van der Waals surface area contributed by atoms with Gasteiger partial charge < -0.3 is 20.9 Å². The van der Waals surface area contributed by atoms with E-state index in [4.69, 9.17) is 20.9 Å². The quantitative estimate of drug-likeness (QED) is 0.864. The number of nitrogens with two attached hydrogens (primary N) is 2. The number of nitrogens with zero attached hydrogens (tertiary/aromatic N) is 2. The van der Waals surface area contributed by atoms with Gasteiger partial charge in [-0.05, 0) is 17.7 Å². The largest absolute Gasteiger partial charge is 0.449 e. The summed E-state index contributed by atoms with van der Waals surface area (Å²) in [5.74, 6) is 1.45. The Labute approximate surface area is 116 Å². The van der Waals surface area contributed by atoms with Gasteiger partial charge in [-0.15, -0.1) is 0 Å². The van der Waals surface area contributed by atoms with Crippen molar-refractivity contribution < 1.29 is 9.47 Å². The molecule has 20 heavy (non-hydrogen) atoms. The van der Waals surface area contributed by atoms with E-state index >= 15 is 0 Å². The Morgan fingerprint density at radius 3 is 2.65 bits per heavy atom. The van der Waals surface area contributed by atoms with Crippen LogP contribution in [0.4, 0.5) is 11.8 Å². The highest BCUT2D eigenvalue weighted by Crippen LogP contribution is 2.39. The van der Waals surface area contributed by atoms with Crippen molar-refractivity contribution in [1.29, 1.82) is 0 Å². The van der Waals surface area contributed by atoms with Crippen LogP contribution in [0.15, 0.2) is 24.4 Å². The van der Waals surface area contributed by atoms with Crippen LogP contribution in [0.3, 0.4) is 0 Å². The molecular formula is C14H16N4O2. The number of hydrogen-bond donors (Lipinski definition) is 2. The molecule has 6 heteroatoms. The van der Waals surface area contributed by atoms with Gasteiger partial charge in [-0.2, -0.15) is 4.98 Å². The first kappa shape index (κ1) is 12.5. The Balaban J connectivity index is 1.86. The van der Waals surface area contributed by atoms with Gasteiger partial charge in [0.1, 0.15) is 5.82 Å². The number of rotatable bonds is 2. The molecule has 1 aliphatic heterocycles. The summed E-state index contributed by atoms with van der Waals surface area (Å²) in [6.45, 7) is 3.75. The molecule has 104 valence electrons. The van der Waals surface area contributed by atoms with Crippen molar-refractivity contribution in [2.75, 3.05) is 11.5 Å². The van der Waals surface area contributed by atoms with Crippen molar-refractivity contribution in [3.05, 3.63) is 35.5 Å². The topological polar surface area (TPSA) is 96.3 Å². The number of nitrogen functional groups attached to an aromatic ring is 2. The van der Waals surface area contributed by atoms with Crippen molar-refractivity contribution in [2.24, 2.45) is 0 Å². The third-order valence-corrected chi connectivity index (χ3v) is 3.03. The van der Waals surface area contributed by atoms with E-state index in [1.54, 1.807) is 6.20 Å². The van der Waals surface area contributed by atoms with Gasteiger partial charge in [-0.1, -0.05) is 6.07 Å². The predicted octanol–water partition coefficient (Wildman–Crippen LogP) is 1.74. The van der Waals surface area contributed by atoms with Crippen molar-refractivity contribution in [1.82, 2.24) is 9.97 Å². The maximum atomic E-state index is 5.84. The summed E-state index contributed by atoms with van der Waals surface area (Å²) in [5, 5.41) is 0. The molecule has 4 N–H and O–H groups in total. The highest BCUT2D eigenvalue weighted by Gasteiger charge is 2.31. The number of anilines is 2. The Morgan fingerprint density at radius 2 is 1.90 bits per heavy atom. The lowest BCUT2D eigenvalue weighted by Gasteiger charge is -2.16. The second-order valence-corrected chi connectivity index (χ2v) is 5.20. The molecule has 0 saturated carbocycles. The summed E-state index contributed by atoms with van der Waals surface area (Å²) in [6.07, 6.45) is 2.26. The van der Waals surface area contributed by atoms with Gasteiger partial charge in [-0.25, -0.2) is 4.98 Å². The van der Waals surface area contributed by atoms with E-state index in [0.29, 0.717) is 12.2 Å².